The van der Waals surface area contributed by atoms with Gasteiger partial charge in [0.25, 0.3) is 0 Å². The van der Waals surface area contributed by atoms with Gasteiger partial charge in [-0.2, -0.15) is 18.3 Å². The Labute approximate surface area is 135 Å². The van der Waals surface area contributed by atoms with Crippen LogP contribution < -0.4 is 0 Å². The van der Waals surface area contributed by atoms with E-state index < -0.39 is 23.3 Å². The van der Waals surface area contributed by atoms with E-state index in [1.165, 1.54) is 24.4 Å². The lowest BCUT2D eigenvalue weighted by Crippen LogP contribution is -2.08. The molecule has 0 aliphatic heterocycles. The summed E-state index contributed by atoms with van der Waals surface area (Å²) >= 11 is 3.12. The summed E-state index contributed by atoms with van der Waals surface area (Å²) in [5.74, 6) is -0.821. The van der Waals surface area contributed by atoms with Crippen molar-refractivity contribution in [2.45, 2.75) is 6.18 Å². The van der Waals surface area contributed by atoms with E-state index in [1.807, 2.05) is 0 Å². The van der Waals surface area contributed by atoms with Crippen LogP contribution in [0.5, 0.6) is 0 Å². The molecular formula is C14H7BrF4N4. The van der Waals surface area contributed by atoms with Crippen molar-refractivity contribution in [1.82, 2.24) is 20.2 Å². The molecule has 0 fully saturated rings. The molecule has 1 N–H and O–H groups in total. The number of nitrogens with one attached hydrogen (secondary N) is 1. The number of benzene rings is 1. The maximum Gasteiger partial charge on any atom is 0.418 e. The topological polar surface area (TPSA) is 54.5 Å². The van der Waals surface area contributed by atoms with Crippen LogP contribution in [0.1, 0.15) is 5.56 Å². The maximum atomic E-state index is 13.9. The summed E-state index contributed by atoms with van der Waals surface area (Å²) in [5.41, 5.74) is -1.28. The van der Waals surface area contributed by atoms with E-state index in [0.29, 0.717) is 4.47 Å². The van der Waals surface area contributed by atoms with Gasteiger partial charge in [0.05, 0.1) is 11.1 Å². The highest BCUT2D eigenvalue weighted by Crippen LogP contribution is 2.35. The fourth-order valence-electron chi connectivity index (χ4n) is 1.98. The number of hydrogen-bond acceptors (Lipinski definition) is 3. The van der Waals surface area contributed by atoms with E-state index in [-0.39, 0.29) is 17.2 Å². The quantitative estimate of drug-likeness (QED) is 0.661. The lowest BCUT2D eigenvalue weighted by atomic mass is 10.1. The summed E-state index contributed by atoms with van der Waals surface area (Å²) in [6, 6.07) is 6.31. The van der Waals surface area contributed by atoms with Crippen molar-refractivity contribution in [1.29, 1.82) is 0 Å². The molecule has 23 heavy (non-hydrogen) atoms. The van der Waals surface area contributed by atoms with Crippen LogP contribution in [0.25, 0.3) is 22.9 Å². The average Bonchev–Trinajstić information content (AvgIpc) is 2.96. The monoisotopic (exact) mass is 386 g/mol. The smallest absolute Gasteiger partial charge is 0.259 e. The lowest BCUT2D eigenvalue weighted by molar-refractivity contribution is -0.137. The largest absolute Gasteiger partial charge is 0.418 e. The van der Waals surface area contributed by atoms with E-state index in [9.17, 15) is 17.6 Å². The zero-order chi connectivity index (χ0) is 16.6. The Morgan fingerprint density at radius 1 is 1.13 bits per heavy atom. The van der Waals surface area contributed by atoms with Gasteiger partial charge < -0.3 is 0 Å². The molecule has 0 amide bonds. The minimum Gasteiger partial charge on any atom is -0.259 e. The molecule has 0 aliphatic rings. The predicted molar refractivity (Wildman–Crippen MR) is 77.7 cm³/mol. The van der Waals surface area contributed by atoms with Crippen LogP contribution in [0, 0.1) is 5.82 Å². The molecule has 2 heterocycles. The summed E-state index contributed by atoms with van der Waals surface area (Å²) in [4.78, 5) is 7.62. The van der Waals surface area contributed by atoms with Gasteiger partial charge >= 0.3 is 6.18 Å². The number of halogens is 5. The highest BCUT2D eigenvalue weighted by atomic mass is 79.9. The number of alkyl halides is 3. The number of aromatic amines is 1. The Balaban J connectivity index is 2.07. The SMILES string of the molecule is Fc1cc(Br)ccc1-c1nc(-c2ncccc2C(F)(F)F)n[nH]1. The number of H-pyrrole nitrogens is 1. The molecule has 2 aromatic heterocycles. The lowest BCUT2D eigenvalue weighted by Gasteiger charge is -2.08. The van der Waals surface area contributed by atoms with Crippen molar-refractivity contribution in [3.8, 4) is 22.9 Å². The number of rotatable bonds is 2. The summed E-state index contributed by atoms with van der Waals surface area (Å²) in [5, 5.41) is 6.16. The van der Waals surface area contributed by atoms with Crippen LogP contribution >= 0.6 is 15.9 Å². The Bertz CT molecular complexity index is 860. The van der Waals surface area contributed by atoms with E-state index in [0.717, 1.165) is 6.07 Å². The molecular weight excluding hydrogens is 380 g/mol. The maximum absolute atomic E-state index is 13.9. The summed E-state index contributed by atoms with van der Waals surface area (Å²) in [6.45, 7) is 0. The molecule has 9 heteroatoms. The van der Waals surface area contributed by atoms with Crippen molar-refractivity contribution in [3.05, 3.63) is 52.4 Å². The molecule has 0 saturated carbocycles. The van der Waals surface area contributed by atoms with Crippen molar-refractivity contribution >= 4 is 15.9 Å². The van der Waals surface area contributed by atoms with Gasteiger partial charge in [-0.25, -0.2) is 9.37 Å². The van der Waals surface area contributed by atoms with Crippen molar-refractivity contribution < 1.29 is 17.6 Å². The minimum absolute atomic E-state index is 0.0174. The Morgan fingerprint density at radius 2 is 1.91 bits per heavy atom. The minimum atomic E-state index is -4.59. The zero-order valence-electron chi connectivity index (χ0n) is 11.2. The first-order valence-electron chi connectivity index (χ1n) is 6.26. The van der Waals surface area contributed by atoms with Crippen molar-refractivity contribution in [2.75, 3.05) is 0 Å². The Morgan fingerprint density at radius 3 is 2.61 bits per heavy atom. The first kappa shape index (κ1) is 15.6. The van der Waals surface area contributed by atoms with Gasteiger partial charge in [0.1, 0.15) is 11.5 Å². The van der Waals surface area contributed by atoms with Gasteiger partial charge in [-0.1, -0.05) is 15.9 Å². The van der Waals surface area contributed by atoms with Gasteiger partial charge in [0.2, 0.25) is 5.82 Å². The van der Waals surface area contributed by atoms with Crippen LogP contribution in [0.15, 0.2) is 41.0 Å². The molecule has 4 nitrogen and oxygen atoms in total. The molecule has 3 rings (SSSR count). The van der Waals surface area contributed by atoms with E-state index in [1.54, 1.807) is 6.07 Å². The second-order valence-corrected chi connectivity index (χ2v) is 5.44. The molecule has 1 aromatic carbocycles. The van der Waals surface area contributed by atoms with Crippen LogP contribution in [0.3, 0.4) is 0 Å². The van der Waals surface area contributed by atoms with Crippen molar-refractivity contribution in [2.24, 2.45) is 0 Å². The average molecular weight is 387 g/mol. The first-order valence-corrected chi connectivity index (χ1v) is 7.06. The zero-order valence-corrected chi connectivity index (χ0v) is 12.8. The fraction of sp³-hybridized carbons (Fsp3) is 0.0714. The third kappa shape index (κ3) is 3.09. The second-order valence-electron chi connectivity index (χ2n) is 4.53. The Hall–Kier alpha value is -2.29. The fourth-order valence-corrected chi connectivity index (χ4v) is 2.32. The van der Waals surface area contributed by atoms with Crippen LogP contribution in [0.2, 0.25) is 0 Å². The normalized spacial score (nSPS) is 11.7. The summed E-state index contributed by atoms with van der Waals surface area (Å²) in [7, 11) is 0. The van der Waals surface area contributed by atoms with E-state index in [4.69, 9.17) is 0 Å². The second kappa shape index (κ2) is 5.73. The standard InChI is InChI=1S/C14H7BrF4N4/c15-7-3-4-8(10(16)6-7)12-21-13(23-22-12)11-9(14(17,18)19)2-1-5-20-11/h1-6H,(H,21,22,23). The molecule has 0 saturated heterocycles. The molecule has 3 aromatic rings. The van der Waals surface area contributed by atoms with Crippen molar-refractivity contribution in [3.63, 3.8) is 0 Å². The summed E-state index contributed by atoms with van der Waals surface area (Å²) < 4.78 is 53.4. The number of aromatic nitrogens is 4. The number of pyridine rings is 1. The van der Waals surface area contributed by atoms with Gasteiger partial charge in [-0.05, 0) is 30.3 Å². The number of hydrogen-bond donors (Lipinski definition) is 1. The molecule has 0 radical (unpaired) electrons. The predicted octanol–water partition coefficient (Wildman–Crippen LogP) is 4.45. The van der Waals surface area contributed by atoms with Crippen LogP contribution in [-0.2, 0) is 6.18 Å². The van der Waals surface area contributed by atoms with Crippen LogP contribution in [-0.4, -0.2) is 20.2 Å². The first-order chi connectivity index (χ1) is 10.9. The van der Waals surface area contributed by atoms with Gasteiger partial charge in [-0.3, -0.25) is 10.1 Å². The van der Waals surface area contributed by atoms with Gasteiger partial charge in [-0.15, -0.1) is 0 Å². The molecule has 0 aliphatic carbocycles. The molecule has 118 valence electrons. The van der Waals surface area contributed by atoms with E-state index in [2.05, 4.69) is 36.1 Å². The third-order valence-corrected chi connectivity index (χ3v) is 3.49. The highest BCUT2D eigenvalue weighted by molar-refractivity contribution is 9.10. The molecule has 0 unspecified atom stereocenters. The van der Waals surface area contributed by atoms with Crippen LogP contribution in [0.4, 0.5) is 17.6 Å². The Kier molecular flexibility index (Phi) is 3.88. The summed E-state index contributed by atoms with van der Waals surface area (Å²) in [6.07, 6.45) is -3.38. The third-order valence-electron chi connectivity index (χ3n) is 3.00. The molecule has 0 bridgehead atoms. The van der Waals surface area contributed by atoms with Gasteiger partial charge in [0, 0.05) is 10.7 Å². The number of nitrogens with zero attached hydrogens (tertiary/aromatic N) is 3. The highest BCUT2D eigenvalue weighted by Gasteiger charge is 2.35. The van der Waals surface area contributed by atoms with Gasteiger partial charge in [0.15, 0.2) is 5.82 Å². The van der Waals surface area contributed by atoms with E-state index >= 15 is 0 Å². The molecule has 0 atom stereocenters. The molecule has 0 spiro atoms.